The largest absolute Gasteiger partial charge is 0.573 e. The van der Waals surface area contributed by atoms with Crippen molar-refractivity contribution in [3.8, 4) is 17.0 Å². The Labute approximate surface area is 146 Å². The van der Waals surface area contributed by atoms with E-state index in [1.807, 2.05) is 4.40 Å². The summed E-state index contributed by atoms with van der Waals surface area (Å²) in [5, 5.41) is 8.43. The molecule has 1 saturated heterocycles. The van der Waals surface area contributed by atoms with Gasteiger partial charge in [-0.25, -0.2) is 0 Å². The van der Waals surface area contributed by atoms with Gasteiger partial charge in [-0.3, -0.25) is 9.38 Å². The molecule has 4 rings (SSSR count). The number of hydrogen-bond donors (Lipinski definition) is 0. The van der Waals surface area contributed by atoms with E-state index in [1.165, 1.54) is 24.3 Å². The zero-order valence-electron chi connectivity index (χ0n) is 13.6. The van der Waals surface area contributed by atoms with E-state index in [4.69, 9.17) is 4.74 Å². The Balaban J connectivity index is 1.64. The maximum absolute atomic E-state index is 12.3. The highest BCUT2D eigenvalue weighted by atomic mass is 19.4. The van der Waals surface area contributed by atoms with Crippen LogP contribution in [0, 0.1) is 0 Å². The van der Waals surface area contributed by atoms with Crippen molar-refractivity contribution in [2.75, 3.05) is 13.2 Å². The van der Waals surface area contributed by atoms with Crippen molar-refractivity contribution in [3.63, 3.8) is 0 Å². The van der Waals surface area contributed by atoms with Crippen molar-refractivity contribution in [1.29, 1.82) is 0 Å². The molecule has 0 bridgehead atoms. The minimum Gasteiger partial charge on any atom is -0.406 e. The molecule has 0 spiro atoms. The highest BCUT2D eigenvalue weighted by Gasteiger charge is 2.31. The molecule has 0 N–H and O–H groups in total. The lowest BCUT2D eigenvalue weighted by Crippen LogP contribution is -2.17. The lowest BCUT2D eigenvalue weighted by Gasteiger charge is -2.20. The molecule has 0 aliphatic carbocycles. The molecule has 0 amide bonds. The molecule has 9 heteroatoms. The standard InChI is InChI=1S/C17H15F3N4O2/c18-17(19,20)26-13-3-1-11(2-4-13)14-10-24-15(9-21-14)22-23-16(24)12-5-7-25-8-6-12/h1-4,9-10,12H,5-8H2. The number of ether oxygens (including phenoxy) is 2. The number of aromatic nitrogens is 4. The van der Waals surface area contributed by atoms with Crippen LogP contribution in [0.2, 0.25) is 0 Å². The van der Waals surface area contributed by atoms with Crippen LogP contribution in [-0.4, -0.2) is 39.2 Å². The minimum absolute atomic E-state index is 0.261. The Morgan fingerprint density at radius 3 is 2.50 bits per heavy atom. The smallest absolute Gasteiger partial charge is 0.406 e. The predicted octanol–water partition coefficient (Wildman–Crippen LogP) is 3.58. The average Bonchev–Trinajstić information content (AvgIpc) is 3.05. The first-order valence-corrected chi connectivity index (χ1v) is 8.14. The Morgan fingerprint density at radius 1 is 1.08 bits per heavy atom. The van der Waals surface area contributed by atoms with Crippen molar-refractivity contribution in [3.05, 3.63) is 42.5 Å². The second kappa shape index (κ2) is 6.56. The Morgan fingerprint density at radius 2 is 1.81 bits per heavy atom. The minimum atomic E-state index is -4.71. The lowest BCUT2D eigenvalue weighted by molar-refractivity contribution is -0.274. The fourth-order valence-electron chi connectivity index (χ4n) is 3.03. The lowest BCUT2D eigenvalue weighted by atomic mass is 9.99. The van der Waals surface area contributed by atoms with Gasteiger partial charge in [-0.05, 0) is 37.1 Å². The number of benzene rings is 1. The third-order valence-corrected chi connectivity index (χ3v) is 4.29. The van der Waals surface area contributed by atoms with E-state index in [2.05, 4.69) is 19.9 Å². The maximum atomic E-state index is 12.3. The second-order valence-corrected chi connectivity index (χ2v) is 6.02. The summed E-state index contributed by atoms with van der Waals surface area (Å²) in [6.07, 6.45) is 0.453. The van der Waals surface area contributed by atoms with E-state index in [-0.39, 0.29) is 11.7 Å². The zero-order chi connectivity index (χ0) is 18.1. The third-order valence-electron chi connectivity index (χ3n) is 4.29. The highest BCUT2D eigenvalue weighted by molar-refractivity contribution is 5.60. The van der Waals surface area contributed by atoms with Crippen molar-refractivity contribution in [2.24, 2.45) is 0 Å². The average molecular weight is 364 g/mol. The van der Waals surface area contributed by atoms with Crippen molar-refractivity contribution < 1.29 is 22.6 Å². The topological polar surface area (TPSA) is 61.5 Å². The summed E-state index contributed by atoms with van der Waals surface area (Å²) >= 11 is 0. The van der Waals surface area contributed by atoms with Gasteiger partial charge in [0, 0.05) is 30.9 Å². The van der Waals surface area contributed by atoms with Gasteiger partial charge in [0.05, 0.1) is 11.9 Å². The van der Waals surface area contributed by atoms with Crippen LogP contribution in [0.3, 0.4) is 0 Å². The molecule has 0 atom stereocenters. The molecule has 1 aliphatic heterocycles. The van der Waals surface area contributed by atoms with Crippen LogP contribution < -0.4 is 4.74 Å². The van der Waals surface area contributed by atoms with Gasteiger partial charge in [0.15, 0.2) is 5.65 Å². The van der Waals surface area contributed by atoms with Gasteiger partial charge >= 0.3 is 6.36 Å². The van der Waals surface area contributed by atoms with Gasteiger partial charge < -0.3 is 9.47 Å². The van der Waals surface area contributed by atoms with Gasteiger partial charge in [-0.2, -0.15) is 0 Å². The van der Waals surface area contributed by atoms with Crippen LogP contribution in [0.15, 0.2) is 36.7 Å². The first-order valence-electron chi connectivity index (χ1n) is 8.14. The molecule has 3 heterocycles. The predicted molar refractivity (Wildman–Crippen MR) is 85.7 cm³/mol. The quantitative estimate of drug-likeness (QED) is 0.711. The number of halogens is 3. The van der Waals surface area contributed by atoms with Gasteiger partial charge in [0.25, 0.3) is 0 Å². The monoisotopic (exact) mass is 364 g/mol. The molecular formula is C17H15F3N4O2. The zero-order valence-corrected chi connectivity index (χ0v) is 13.6. The van der Waals surface area contributed by atoms with Gasteiger partial charge in [-0.1, -0.05) is 0 Å². The molecule has 0 unspecified atom stereocenters. The number of hydrogen-bond acceptors (Lipinski definition) is 5. The van der Waals surface area contributed by atoms with Crippen LogP contribution in [0.25, 0.3) is 16.9 Å². The SMILES string of the molecule is FC(F)(F)Oc1ccc(-c2cn3c(C4CCOCC4)nnc3cn2)cc1. The Bertz CT molecular complexity index is 903. The van der Waals surface area contributed by atoms with E-state index in [1.54, 1.807) is 12.4 Å². The summed E-state index contributed by atoms with van der Waals surface area (Å²) < 4.78 is 48.0. The van der Waals surface area contributed by atoms with Crippen molar-refractivity contribution in [1.82, 2.24) is 19.6 Å². The molecule has 2 aromatic heterocycles. The maximum Gasteiger partial charge on any atom is 0.573 e. The molecule has 1 aromatic carbocycles. The van der Waals surface area contributed by atoms with Crippen LogP contribution in [0.5, 0.6) is 5.75 Å². The van der Waals surface area contributed by atoms with Crippen LogP contribution >= 0.6 is 0 Å². The summed E-state index contributed by atoms with van der Waals surface area (Å²) in [4.78, 5) is 4.33. The van der Waals surface area contributed by atoms with Gasteiger partial charge in [0.1, 0.15) is 11.6 Å². The van der Waals surface area contributed by atoms with Crippen molar-refractivity contribution in [2.45, 2.75) is 25.1 Å². The fraction of sp³-hybridized carbons (Fsp3) is 0.353. The molecule has 136 valence electrons. The summed E-state index contributed by atoms with van der Waals surface area (Å²) in [7, 11) is 0. The van der Waals surface area contributed by atoms with E-state index in [9.17, 15) is 13.2 Å². The number of rotatable bonds is 3. The summed E-state index contributed by atoms with van der Waals surface area (Å²) in [5.74, 6) is 0.843. The second-order valence-electron chi connectivity index (χ2n) is 6.02. The molecule has 0 saturated carbocycles. The third kappa shape index (κ3) is 3.48. The van der Waals surface area contributed by atoms with E-state index in [0.717, 1.165) is 18.7 Å². The first-order chi connectivity index (χ1) is 12.5. The number of nitrogens with zero attached hydrogens (tertiary/aromatic N) is 4. The van der Waals surface area contributed by atoms with Crippen LogP contribution in [0.4, 0.5) is 13.2 Å². The Hall–Kier alpha value is -2.68. The Kier molecular flexibility index (Phi) is 4.23. The van der Waals surface area contributed by atoms with Gasteiger partial charge in [-0.15, -0.1) is 23.4 Å². The summed E-state index contributed by atoms with van der Waals surface area (Å²) in [6.45, 7) is 1.39. The van der Waals surface area contributed by atoms with Crippen molar-refractivity contribution >= 4 is 5.65 Å². The normalized spacial score (nSPS) is 16.1. The summed E-state index contributed by atoms with van der Waals surface area (Å²) in [5.41, 5.74) is 1.92. The summed E-state index contributed by atoms with van der Waals surface area (Å²) in [6, 6.07) is 5.60. The molecule has 6 nitrogen and oxygen atoms in total. The van der Waals surface area contributed by atoms with E-state index < -0.39 is 6.36 Å². The van der Waals surface area contributed by atoms with E-state index >= 15 is 0 Å². The molecule has 0 radical (unpaired) electrons. The molecule has 26 heavy (non-hydrogen) atoms. The van der Waals surface area contributed by atoms with E-state index in [0.29, 0.717) is 30.1 Å². The highest BCUT2D eigenvalue weighted by Crippen LogP contribution is 2.28. The van der Waals surface area contributed by atoms with Crippen LogP contribution in [-0.2, 0) is 4.74 Å². The van der Waals surface area contributed by atoms with Gasteiger partial charge in [0.2, 0.25) is 0 Å². The van der Waals surface area contributed by atoms with Crippen LogP contribution in [0.1, 0.15) is 24.6 Å². The molecular weight excluding hydrogens is 349 g/mol. The first kappa shape index (κ1) is 16.8. The molecule has 1 aliphatic rings. The molecule has 3 aromatic rings. The number of fused-ring (bicyclic) bond motifs is 1. The molecule has 1 fully saturated rings. The fourth-order valence-corrected chi connectivity index (χ4v) is 3.03. The number of alkyl halides is 3.